The smallest absolute Gasteiger partial charge is 0.233 e. The molecule has 5 nitrogen and oxygen atoms in total. The van der Waals surface area contributed by atoms with Crippen molar-refractivity contribution in [1.29, 1.82) is 0 Å². The fraction of sp³-hybridized carbons (Fsp3) is 0.909. The molecule has 0 aliphatic carbocycles. The SMILES string of the molecule is COCCCNC(=O)CNC(C)CN(C)C. The van der Waals surface area contributed by atoms with Crippen molar-refractivity contribution >= 4 is 5.91 Å². The van der Waals surface area contributed by atoms with E-state index < -0.39 is 0 Å². The molecule has 1 unspecified atom stereocenters. The Kier molecular flexibility index (Phi) is 9.18. The van der Waals surface area contributed by atoms with Crippen LogP contribution in [0.3, 0.4) is 0 Å². The van der Waals surface area contributed by atoms with E-state index in [1.807, 2.05) is 14.1 Å². The van der Waals surface area contributed by atoms with Crippen molar-refractivity contribution in [2.24, 2.45) is 0 Å². The molecule has 0 aliphatic rings. The first-order valence-corrected chi connectivity index (χ1v) is 5.70. The maximum absolute atomic E-state index is 11.4. The van der Waals surface area contributed by atoms with Gasteiger partial charge in [0.25, 0.3) is 0 Å². The number of hydrogen-bond donors (Lipinski definition) is 2. The fourth-order valence-corrected chi connectivity index (χ4v) is 1.39. The summed E-state index contributed by atoms with van der Waals surface area (Å²) in [6.45, 7) is 4.73. The summed E-state index contributed by atoms with van der Waals surface area (Å²) in [6.07, 6.45) is 0.857. The molecule has 0 heterocycles. The van der Waals surface area contributed by atoms with Crippen molar-refractivity contribution in [1.82, 2.24) is 15.5 Å². The number of methoxy groups -OCH3 is 1. The van der Waals surface area contributed by atoms with Crippen LogP contribution in [0.25, 0.3) is 0 Å². The third-order valence-electron chi connectivity index (χ3n) is 2.10. The molecule has 0 radical (unpaired) electrons. The lowest BCUT2D eigenvalue weighted by molar-refractivity contribution is -0.120. The third kappa shape index (κ3) is 9.89. The highest BCUT2D eigenvalue weighted by Crippen LogP contribution is 1.84. The van der Waals surface area contributed by atoms with Gasteiger partial charge in [-0.3, -0.25) is 4.79 Å². The predicted octanol–water partition coefficient (Wildman–Crippen LogP) is -0.321. The standard InChI is InChI=1S/C11H25N3O2/c1-10(9-14(2)3)13-8-11(15)12-6-5-7-16-4/h10,13H,5-9H2,1-4H3,(H,12,15). The third-order valence-corrected chi connectivity index (χ3v) is 2.10. The largest absolute Gasteiger partial charge is 0.385 e. The lowest BCUT2D eigenvalue weighted by atomic mass is 10.3. The normalized spacial score (nSPS) is 12.8. The average Bonchev–Trinajstić information content (AvgIpc) is 2.20. The van der Waals surface area contributed by atoms with E-state index in [1.54, 1.807) is 7.11 Å². The van der Waals surface area contributed by atoms with Crippen molar-refractivity contribution in [3.63, 3.8) is 0 Å². The predicted molar refractivity (Wildman–Crippen MR) is 65.5 cm³/mol. The minimum absolute atomic E-state index is 0.0432. The number of nitrogens with zero attached hydrogens (tertiary/aromatic N) is 1. The first-order valence-electron chi connectivity index (χ1n) is 5.70. The second-order valence-electron chi connectivity index (χ2n) is 4.24. The van der Waals surface area contributed by atoms with E-state index in [0.717, 1.165) is 13.0 Å². The summed E-state index contributed by atoms with van der Waals surface area (Å²) in [7, 11) is 5.69. The topological polar surface area (TPSA) is 53.6 Å². The first-order chi connectivity index (χ1) is 7.56. The molecule has 1 amide bonds. The van der Waals surface area contributed by atoms with Gasteiger partial charge in [-0.2, -0.15) is 0 Å². The molecule has 0 aromatic carbocycles. The summed E-state index contributed by atoms with van der Waals surface area (Å²) in [5.74, 6) is 0.0432. The van der Waals surface area contributed by atoms with Gasteiger partial charge in [0.2, 0.25) is 5.91 Å². The zero-order chi connectivity index (χ0) is 12.4. The van der Waals surface area contributed by atoms with Crippen LogP contribution in [0.15, 0.2) is 0 Å². The molecular formula is C11H25N3O2. The Balaban J connectivity index is 3.42. The van der Waals surface area contributed by atoms with Gasteiger partial charge in [0.15, 0.2) is 0 Å². The summed E-state index contributed by atoms with van der Waals surface area (Å²) < 4.78 is 4.89. The minimum atomic E-state index is 0.0432. The lowest BCUT2D eigenvalue weighted by Gasteiger charge is -2.18. The molecule has 0 fully saturated rings. The van der Waals surface area contributed by atoms with E-state index in [1.165, 1.54) is 0 Å². The van der Waals surface area contributed by atoms with Gasteiger partial charge in [-0.1, -0.05) is 0 Å². The van der Waals surface area contributed by atoms with Crippen molar-refractivity contribution in [2.45, 2.75) is 19.4 Å². The van der Waals surface area contributed by atoms with Crippen molar-refractivity contribution < 1.29 is 9.53 Å². The Morgan fingerprint density at radius 2 is 2.12 bits per heavy atom. The maximum atomic E-state index is 11.4. The molecule has 0 spiro atoms. The first kappa shape index (κ1) is 15.3. The van der Waals surface area contributed by atoms with E-state index in [9.17, 15) is 4.79 Å². The van der Waals surface area contributed by atoms with Crippen LogP contribution in [0.2, 0.25) is 0 Å². The van der Waals surface area contributed by atoms with Crippen molar-refractivity contribution in [3.05, 3.63) is 0 Å². The van der Waals surface area contributed by atoms with E-state index in [4.69, 9.17) is 4.74 Å². The molecule has 0 aliphatic heterocycles. The van der Waals surface area contributed by atoms with Gasteiger partial charge in [0.1, 0.15) is 0 Å². The molecule has 0 aromatic heterocycles. The summed E-state index contributed by atoms with van der Waals surface area (Å²) in [6, 6.07) is 0.319. The molecule has 0 aromatic rings. The Morgan fingerprint density at radius 1 is 1.44 bits per heavy atom. The second kappa shape index (κ2) is 9.57. The quantitative estimate of drug-likeness (QED) is 0.534. The highest BCUT2D eigenvalue weighted by molar-refractivity contribution is 5.77. The Bertz CT molecular complexity index is 186. The Morgan fingerprint density at radius 3 is 2.69 bits per heavy atom. The van der Waals surface area contributed by atoms with Gasteiger partial charge in [-0.05, 0) is 27.4 Å². The number of carbonyl (C=O) groups excluding carboxylic acids is 1. The van der Waals surface area contributed by atoms with Gasteiger partial charge in [-0.25, -0.2) is 0 Å². The zero-order valence-corrected chi connectivity index (χ0v) is 10.9. The van der Waals surface area contributed by atoms with E-state index in [0.29, 0.717) is 25.7 Å². The van der Waals surface area contributed by atoms with E-state index >= 15 is 0 Å². The Labute approximate surface area is 98.5 Å². The van der Waals surface area contributed by atoms with Crippen molar-refractivity contribution in [3.8, 4) is 0 Å². The van der Waals surface area contributed by atoms with Gasteiger partial charge in [0, 0.05) is 32.8 Å². The van der Waals surface area contributed by atoms with Crippen LogP contribution in [-0.2, 0) is 9.53 Å². The number of amides is 1. The molecule has 16 heavy (non-hydrogen) atoms. The van der Waals surface area contributed by atoms with Crippen LogP contribution < -0.4 is 10.6 Å². The summed E-state index contributed by atoms with van der Waals surface area (Å²) in [5, 5.41) is 6.00. The molecule has 0 saturated heterocycles. The Hall–Kier alpha value is -0.650. The molecule has 0 rings (SSSR count). The van der Waals surface area contributed by atoms with Crippen LogP contribution in [0.4, 0.5) is 0 Å². The monoisotopic (exact) mass is 231 g/mol. The number of ether oxygens (including phenoxy) is 1. The van der Waals surface area contributed by atoms with Gasteiger partial charge in [0.05, 0.1) is 6.54 Å². The molecular weight excluding hydrogens is 206 g/mol. The van der Waals surface area contributed by atoms with Crippen LogP contribution in [-0.4, -0.2) is 64.3 Å². The van der Waals surface area contributed by atoms with Gasteiger partial charge < -0.3 is 20.3 Å². The molecule has 96 valence electrons. The van der Waals surface area contributed by atoms with E-state index in [2.05, 4.69) is 22.5 Å². The summed E-state index contributed by atoms with van der Waals surface area (Å²) in [5.41, 5.74) is 0. The summed E-state index contributed by atoms with van der Waals surface area (Å²) in [4.78, 5) is 13.5. The van der Waals surface area contributed by atoms with E-state index in [-0.39, 0.29) is 5.91 Å². The fourth-order valence-electron chi connectivity index (χ4n) is 1.39. The highest BCUT2D eigenvalue weighted by Gasteiger charge is 2.05. The molecule has 5 heteroatoms. The molecule has 0 bridgehead atoms. The maximum Gasteiger partial charge on any atom is 0.233 e. The zero-order valence-electron chi connectivity index (χ0n) is 10.9. The van der Waals surface area contributed by atoms with Crippen LogP contribution in [0, 0.1) is 0 Å². The lowest BCUT2D eigenvalue weighted by Crippen LogP contribution is -2.42. The van der Waals surface area contributed by atoms with Crippen molar-refractivity contribution in [2.75, 3.05) is 47.4 Å². The summed E-state index contributed by atoms with van der Waals surface area (Å²) >= 11 is 0. The number of hydrogen-bond acceptors (Lipinski definition) is 4. The van der Waals surface area contributed by atoms with Crippen LogP contribution >= 0.6 is 0 Å². The minimum Gasteiger partial charge on any atom is -0.385 e. The van der Waals surface area contributed by atoms with Crippen LogP contribution in [0.1, 0.15) is 13.3 Å². The second-order valence-corrected chi connectivity index (χ2v) is 4.24. The highest BCUT2D eigenvalue weighted by atomic mass is 16.5. The van der Waals surface area contributed by atoms with Gasteiger partial charge >= 0.3 is 0 Å². The number of rotatable bonds is 9. The molecule has 2 N–H and O–H groups in total. The molecule has 0 saturated carbocycles. The number of carbonyl (C=O) groups is 1. The average molecular weight is 231 g/mol. The molecule has 1 atom stereocenters. The number of nitrogens with one attached hydrogen (secondary N) is 2. The number of likely N-dealkylation sites (N-methyl/N-ethyl adjacent to an activating group) is 1. The van der Waals surface area contributed by atoms with Gasteiger partial charge in [-0.15, -0.1) is 0 Å². The van der Waals surface area contributed by atoms with Crippen LogP contribution in [0.5, 0.6) is 0 Å².